The van der Waals surface area contributed by atoms with Crippen LogP contribution in [0, 0.1) is 0 Å². The summed E-state index contributed by atoms with van der Waals surface area (Å²) in [6.45, 7) is 0. The van der Waals surface area contributed by atoms with Crippen molar-refractivity contribution in [1.82, 2.24) is 20.3 Å². The van der Waals surface area contributed by atoms with Gasteiger partial charge in [0.05, 0.1) is 6.42 Å². The number of H-pyrrole nitrogens is 2. The largest absolute Gasteiger partial charge is 0.455 e. The van der Waals surface area contributed by atoms with E-state index in [1.807, 2.05) is 42.5 Å². The molecule has 1 aliphatic rings. The fourth-order valence-corrected chi connectivity index (χ4v) is 2.89. The van der Waals surface area contributed by atoms with Crippen molar-refractivity contribution in [3.63, 3.8) is 0 Å². The Morgan fingerprint density at radius 2 is 1.96 bits per heavy atom. The van der Waals surface area contributed by atoms with E-state index in [-0.39, 0.29) is 11.6 Å². The molecule has 1 aromatic carbocycles. The molecule has 2 aromatic heterocycles. The van der Waals surface area contributed by atoms with Crippen LogP contribution in [0.4, 0.5) is 0 Å². The predicted molar refractivity (Wildman–Crippen MR) is 106 cm³/mol. The minimum atomic E-state index is -0.339. The number of carbonyl (C=O) groups is 1. The molecular weight excluding hydrogens is 356 g/mol. The van der Waals surface area contributed by atoms with Gasteiger partial charge in [0.1, 0.15) is 11.3 Å². The SMILES string of the molecule is O=C(Cc1ccccc1)NC1=CCC=C(Oc2ccnc3[nH]c(=O)[nH]c23)C=C1. The highest BCUT2D eigenvalue weighted by Crippen LogP contribution is 2.23. The van der Waals surface area contributed by atoms with Gasteiger partial charge in [-0.05, 0) is 30.2 Å². The van der Waals surface area contributed by atoms with E-state index in [1.165, 1.54) is 0 Å². The number of fused-ring (bicyclic) bond motifs is 1. The summed E-state index contributed by atoms with van der Waals surface area (Å²) in [7, 11) is 0. The molecule has 0 fully saturated rings. The Morgan fingerprint density at radius 3 is 2.82 bits per heavy atom. The Bertz CT molecular complexity index is 1150. The Hall–Kier alpha value is -3.87. The fraction of sp³-hybridized carbons (Fsp3) is 0.0952. The number of pyridine rings is 1. The third-order valence-corrected chi connectivity index (χ3v) is 4.19. The van der Waals surface area contributed by atoms with Gasteiger partial charge in [-0.25, -0.2) is 9.78 Å². The van der Waals surface area contributed by atoms with Crippen LogP contribution in [0.2, 0.25) is 0 Å². The van der Waals surface area contributed by atoms with Gasteiger partial charge in [0.25, 0.3) is 0 Å². The molecule has 7 nitrogen and oxygen atoms in total. The zero-order valence-corrected chi connectivity index (χ0v) is 14.9. The predicted octanol–water partition coefficient (Wildman–Crippen LogP) is 2.72. The number of amides is 1. The summed E-state index contributed by atoms with van der Waals surface area (Å²) in [6, 6.07) is 11.3. The van der Waals surface area contributed by atoms with E-state index in [9.17, 15) is 9.59 Å². The van der Waals surface area contributed by atoms with Crippen LogP contribution < -0.4 is 15.7 Å². The van der Waals surface area contributed by atoms with Gasteiger partial charge in [-0.15, -0.1) is 0 Å². The summed E-state index contributed by atoms with van der Waals surface area (Å²) in [4.78, 5) is 33.1. The average molecular weight is 374 g/mol. The lowest BCUT2D eigenvalue weighted by Gasteiger charge is -2.07. The maximum Gasteiger partial charge on any atom is 0.325 e. The Labute approximate surface area is 160 Å². The van der Waals surface area contributed by atoms with Gasteiger partial charge in [-0.2, -0.15) is 0 Å². The lowest BCUT2D eigenvalue weighted by atomic mass is 10.1. The van der Waals surface area contributed by atoms with Crippen molar-refractivity contribution < 1.29 is 9.53 Å². The lowest BCUT2D eigenvalue weighted by molar-refractivity contribution is -0.119. The minimum Gasteiger partial charge on any atom is -0.455 e. The normalized spacial score (nSPS) is 13.6. The van der Waals surface area contributed by atoms with Crippen LogP contribution in [0.1, 0.15) is 12.0 Å². The number of hydrogen-bond acceptors (Lipinski definition) is 4. The molecule has 0 atom stereocenters. The van der Waals surface area contributed by atoms with E-state index in [0.717, 1.165) is 5.56 Å². The van der Waals surface area contributed by atoms with Crippen LogP contribution in [-0.2, 0) is 11.2 Å². The van der Waals surface area contributed by atoms with Crippen molar-refractivity contribution in [1.29, 1.82) is 0 Å². The third kappa shape index (κ3) is 4.09. The van der Waals surface area contributed by atoms with Crippen molar-refractivity contribution in [3.05, 3.63) is 94.4 Å². The highest BCUT2D eigenvalue weighted by Gasteiger charge is 2.10. The topological polar surface area (TPSA) is 99.9 Å². The van der Waals surface area contributed by atoms with Crippen molar-refractivity contribution in [2.75, 3.05) is 0 Å². The smallest absolute Gasteiger partial charge is 0.325 e. The quantitative estimate of drug-likeness (QED) is 0.639. The summed E-state index contributed by atoms with van der Waals surface area (Å²) in [6.07, 6.45) is 9.86. The average Bonchev–Trinajstić information content (AvgIpc) is 2.94. The van der Waals surface area contributed by atoms with E-state index in [0.29, 0.717) is 41.2 Å². The van der Waals surface area contributed by atoms with E-state index < -0.39 is 0 Å². The summed E-state index contributed by atoms with van der Waals surface area (Å²) < 4.78 is 5.91. The van der Waals surface area contributed by atoms with Crippen LogP contribution in [0.15, 0.2) is 83.1 Å². The number of imidazole rings is 1. The number of aromatic nitrogens is 3. The van der Waals surface area contributed by atoms with Gasteiger partial charge in [0, 0.05) is 18.0 Å². The molecule has 1 amide bonds. The molecule has 0 radical (unpaired) electrons. The van der Waals surface area contributed by atoms with Crippen molar-refractivity contribution >= 4 is 17.1 Å². The second kappa shape index (κ2) is 7.79. The summed E-state index contributed by atoms with van der Waals surface area (Å²) in [5.41, 5.74) is 2.28. The molecule has 140 valence electrons. The van der Waals surface area contributed by atoms with Crippen molar-refractivity contribution in [3.8, 4) is 5.75 Å². The second-order valence-electron chi connectivity index (χ2n) is 6.26. The maximum absolute atomic E-state index is 12.2. The Kier molecular flexibility index (Phi) is 4.88. The van der Waals surface area contributed by atoms with Gasteiger partial charge >= 0.3 is 5.69 Å². The van der Waals surface area contributed by atoms with E-state index in [4.69, 9.17) is 4.74 Å². The first-order chi connectivity index (χ1) is 13.7. The molecule has 1 aliphatic carbocycles. The molecule has 0 saturated carbocycles. The molecule has 4 rings (SSSR count). The number of rotatable bonds is 5. The van der Waals surface area contributed by atoms with Gasteiger partial charge in [-0.3, -0.25) is 9.78 Å². The first-order valence-electron chi connectivity index (χ1n) is 8.84. The zero-order chi connectivity index (χ0) is 19.3. The number of carbonyl (C=O) groups excluding carboxylic acids is 1. The first-order valence-corrected chi connectivity index (χ1v) is 8.84. The molecular formula is C21H18N4O3. The molecule has 2 heterocycles. The van der Waals surface area contributed by atoms with E-state index in [2.05, 4.69) is 20.3 Å². The van der Waals surface area contributed by atoms with Crippen molar-refractivity contribution in [2.24, 2.45) is 0 Å². The maximum atomic E-state index is 12.2. The molecule has 0 saturated heterocycles. The monoisotopic (exact) mass is 374 g/mol. The zero-order valence-electron chi connectivity index (χ0n) is 14.9. The third-order valence-electron chi connectivity index (χ3n) is 4.19. The Morgan fingerprint density at radius 1 is 1.11 bits per heavy atom. The van der Waals surface area contributed by atoms with Crippen LogP contribution in [0.3, 0.4) is 0 Å². The van der Waals surface area contributed by atoms with E-state index in [1.54, 1.807) is 24.4 Å². The van der Waals surface area contributed by atoms with Crippen LogP contribution in [0.25, 0.3) is 11.2 Å². The second-order valence-corrected chi connectivity index (χ2v) is 6.26. The van der Waals surface area contributed by atoms with Gasteiger partial charge < -0.3 is 15.0 Å². The fourth-order valence-electron chi connectivity index (χ4n) is 2.89. The highest BCUT2D eigenvalue weighted by molar-refractivity contribution is 5.81. The van der Waals surface area contributed by atoms with Gasteiger partial charge in [-0.1, -0.05) is 36.4 Å². The standard InChI is InChI=1S/C21H18N4O3/c26-18(13-14-5-2-1-3-6-14)23-15-7-4-8-16(10-9-15)28-17-11-12-22-20-19(17)24-21(27)25-20/h1-3,5-12H,4,13H2,(H,23,26)(H2,22,24,25,27). The van der Waals surface area contributed by atoms with Crippen molar-refractivity contribution in [2.45, 2.75) is 12.8 Å². The van der Waals surface area contributed by atoms with Gasteiger partial charge in [0.15, 0.2) is 11.4 Å². The first kappa shape index (κ1) is 17.5. The Balaban J connectivity index is 1.42. The molecule has 28 heavy (non-hydrogen) atoms. The van der Waals surface area contributed by atoms with E-state index >= 15 is 0 Å². The molecule has 0 unspecified atom stereocenters. The summed E-state index contributed by atoms with van der Waals surface area (Å²) in [5.74, 6) is 1.03. The molecule has 3 N–H and O–H groups in total. The highest BCUT2D eigenvalue weighted by atomic mass is 16.5. The number of nitrogens with zero attached hydrogens (tertiary/aromatic N) is 1. The number of benzene rings is 1. The molecule has 7 heteroatoms. The van der Waals surface area contributed by atoms with Crippen LogP contribution >= 0.6 is 0 Å². The molecule has 3 aromatic rings. The number of allylic oxidation sites excluding steroid dienone is 4. The number of hydrogen-bond donors (Lipinski definition) is 3. The molecule has 0 bridgehead atoms. The lowest BCUT2D eigenvalue weighted by Crippen LogP contribution is -2.23. The summed E-state index contributed by atoms with van der Waals surface area (Å²) in [5, 5.41) is 2.91. The number of nitrogens with one attached hydrogen (secondary N) is 3. The van der Waals surface area contributed by atoms with Gasteiger partial charge in [0.2, 0.25) is 5.91 Å². The number of aromatic amines is 2. The van der Waals surface area contributed by atoms with Crippen LogP contribution in [-0.4, -0.2) is 20.9 Å². The summed E-state index contributed by atoms with van der Waals surface area (Å²) >= 11 is 0. The molecule has 0 spiro atoms. The number of ether oxygens (including phenoxy) is 1. The van der Waals surface area contributed by atoms with Crippen LogP contribution in [0.5, 0.6) is 5.75 Å². The minimum absolute atomic E-state index is 0.0767. The molecule has 0 aliphatic heterocycles.